The highest BCUT2D eigenvalue weighted by Gasteiger charge is 2.11. The second-order valence-electron chi connectivity index (χ2n) is 4.77. The molecular weight excluding hydrogens is 316 g/mol. The maximum Gasteiger partial charge on any atom is 0.338 e. The monoisotopic (exact) mass is 328 g/mol. The van der Waals surface area contributed by atoms with Crippen molar-refractivity contribution >= 4 is 33.2 Å². The summed E-state index contributed by atoms with van der Waals surface area (Å²) < 4.78 is 6.29. The van der Waals surface area contributed by atoms with E-state index in [1.165, 1.54) is 24.3 Å². The van der Waals surface area contributed by atoms with Gasteiger partial charge in [-0.25, -0.2) is 9.78 Å². The molecule has 3 aromatic rings. The Bertz CT molecular complexity index is 825. The van der Waals surface area contributed by atoms with Crippen molar-refractivity contribution in [3.05, 3.63) is 69.2 Å². The van der Waals surface area contributed by atoms with Crippen LogP contribution in [0.1, 0.15) is 15.4 Å². The van der Waals surface area contributed by atoms with Gasteiger partial charge in [0.15, 0.2) is 0 Å². The SMILES string of the molecule is O=C(OCCc1nc2ccccc2s1)c1ccc([N+](=O)[O-])cc1. The van der Waals surface area contributed by atoms with E-state index in [0.29, 0.717) is 12.0 Å². The van der Waals surface area contributed by atoms with Gasteiger partial charge in [-0.3, -0.25) is 10.1 Å². The van der Waals surface area contributed by atoms with Crippen molar-refractivity contribution in [3.8, 4) is 0 Å². The first-order valence-electron chi connectivity index (χ1n) is 6.89. The van der Waals surface area contributed by atoms with Crippen molar-refractivity contribution in [2.45, 2.75) is 6.42 Å². The molecule has 23 heavy (non-hydrogen) atoms. The van der Waals surface area contributed by atoms with Crippen LogP contribution < -0.4 is 0 Å². The number of thiazole rings is 1. The number of hydrogen-bond acceptors (Lipinski definition) is 6. The van der Waals surface area contributed by atoms with E-state index in [4.69, 9.17) is 4.74 Å². The molecule has 2 aromatic carbocycles. The third-order valence-corrected chi connectivity index (χ3v) is 4.30. The van der Waals surface area contributed by atoms with Crippen molar-refractivity contribution < 1.29 is 14.5 Å². The molecule has 1 aromatic heterocycles. The minimum Gasteiger partial charge on any atom is -0.462 e. The smallest absolute Gasteiger partial charge is 0.338 e. The average Bonchev–Trinajstić information content (AvgIpc) is 2.97. The van der Waals surface area contributed by atoms with Gasteiger partial charge in [0.05, 0.1) is 32.3 Å². The topological polar surface area (TPSA) is 82.3 Å². The third kappa shape index (κ3) is 3.51. The van der Waals surface area contributed by atoms with Crippen molar-refractivity contribution in [1.29, 1.82) is 0 Å². The first-order valence-corrected chi connectivity index (χ1v) is 7.71. The van der Waals surface area contributed by atoms with Crippen molar-refractivity contribution in [2.75, 3.05) is 6.61 Å². The number of nitro groups is 1. The molecule has 0 spiro atoms. The van der Waals surface area contributed by atoms with Crippen LogP contribution in [0.15, 0.2) is 48.5 Å². The standard InChI is InChI=1S/C16H12N2O4S/c19-16(11-5-7-12(8-6-11)18(20)21)22-10-9-15-17-13-3-1-2-4-14(13)23-15/h1-8H,9-10H2. The zero-order valence-corrected chi connectivity index (χ0v) is 12.8. The van der Waals surface area contributed by atoms with Crippen LogP contribution in [-0.4, -0.2) is 22.5 Å². The van der Waals surface area contributed by atoms with Gasteiger partial charge < -0.3 is 4.74 Å². The quantitative estimate of drug-likeness (QED) is 0.406. The van der Waals surface area contributed by atoms with Gasteiger partial charge >= 0.3 is 5.97 Å². The molecule has 0 bridgehead atoms. The second-order valence-corrected chi connectivity index (χ2v) is 5.88. The Morgan fingerprint density at radius 3 is 2.61 bits per heavy atom. The number of non-ortho nitro benzene ring substituents is 1. The van der Waals surface area contributed by atoms with Gasteiger partial charge in [0.2, 0.25) is 0 Å². The molecule has 0 radical (unpaired) electrons. The minimum absolute atomic E-state index is 0.0592. The summed E-state index contributed by atoms with van der Waals surface area (Å²) in [5.41, 5.74) is 1.17. The minimum atomic E-state index is -0.512. The average molecular weight is 328 g/mol. The summed E-state index contributed by atoms with van der Waals surface area (Å²) in [6, 6.07) is 13.2. The summed E-state index contributed by atoms with van der Waals surface area (Å²) in [6.07, 6.45) is 0.540. The molecule has 6 nitrogen and oxygen atoms in total. The zero-order chi connectivity index (χ0) is 16.2. The number of benzene rings is 2. The number of fused-ring (bicyclic) bond motifs is 1. The molecule has 0 aliphatic rings. The normalized spacial score (nSPS) is 10.6. The van der Waals surface area contributed by atoms with Gasteiger partial charge in [0, 0.05) is 18.6 Å². The maximum atomic E-state index is 11.9. The van der Waals surface area contributed by atoms with Crippen LogP contribution in [0, 0.1) is 10.1 Å². The van der Waals surface area contributed by atoms with E-state index in [2.05, 4.69) is 4.98 Å². The fourth-order valence-corrected chi connectivity index (χ4v) is 3.01. The molecule has 7 heteroatoms. The van der Waals surface area contributed by atoms with Crippen LogP contribution in [0.2, 0.25) is 0 Å². The van der Waals surface area contributed by atoms with Crippen LogP contribution in [0.4, 0.5) is 5.69 Å². The Kier molecular flexibility index (Phi) is 4.29. The van der Waals surface area contributed by atoms with Crippen LogP contribution in [0.5, 0.6) is 0 Å². The van der Waals surface area contributed by atoms with Crippen LogP contribution in [0.3, 0.4) is 0 Å². The predicted octanol–water partition coefficient (Wildman–Crippen LogP) is 3.60. The van der Waals surface area contributed by atoms with E-state index >= 15 is 0 Å². The van der Waals surface area contributed by atoms with Gasteiger partial charge in [-0.05, 0) is 24.3 Å². The van der Waals surface area contributed by atoms with Crippen LogP contribution in [0.25, 0.3) is 10.2 Å². The summed E-state index contributed by atoms with van der Waals surface area (Å²) in [5, 5.41) is 11.5. The lowest BCUT2D eigenvalue weighted by Crippen LogP contribution is -2.08. The number of hydrogen-bond donors (Lipinski definition) is 0. The molecule has 116 valence electrons. The fourth-order valence-electron chi connectivity index (χ4n) is 2.06. The van der Waals surface area contributed by atoms with Gasteiger partial charge in [0.25, 0.3) is 5.69 Å². The van der Waals surface area contributed by atoms with E-state index in [1.54, 1.807) is 11.3 Å². The largest absolute Gasteiger partial charge is 0.462 e. The third-order valence-electron chi connectivity index (χ3n) is 3.20. The predicted molar refractivity (Wildman–Crippen MR) is 86.7 cm³/mol. The lowest BCUT2D eigenvalue weighted by Gasteiger charge is -2.03. The molecule has 0 amide bonds. The number of carbonyl (C=O) groups excluding carboxylic acids is 1. The van der Waals surface area contributed by atoms with Crippen molar-refractivity contribution in [1.82, 2.24) is 4.98 Å². The van der Waals surface area contributed by atoms with Gasteiger partial charge in [-0.15, -0.1) is 11.3 Å². The van der Waals surface area contributed by atoms with Crippen LogP contribution in [-0.2, 0) is 11.2 Å². The summed E-state index contributed by atoms with van der Waals surface area (Å²) >= 11 is 1.57. The Labute approximate surface area is 135 Å². The number of nitrogens with zero attached hydrogens (tertiary/aromatic N) is 2. The lowest BCUT2D eigenvalue weighted by atomic mass is 10.2. The summed E-state index contributed by atoms with van der Waals surface area (Å²) in [4.78, 5) is 26.4. The van der Waals surface area contributed by atoms with Crippen LogP contribution >= 0.6 is 11.3 Å². The van der Waals surface area contributed by atoms with E-state index in [9.17, 15) is 14.9 Å². The Morgan fingerprint density at radius 1 is 1.17 bits per heavy atom. The van der Waals surface area contributed by atoms with Gasteiger partial charge in [-0.2, -0.15) is 0 Å². The molecule has 0 unspecified atom stereocenters. The molecule has 0 fully saturated rings. The molecule has 0 saturated heterocycles. The lowest BCUT2D eigenvalue weighted by molar-refractivity contribution is -0.384. The molecule has 3 rings (SSSR count). The van der Waals surface area contributed by atoms with Crippen molar-refractivity contribution in [2.24, 2.45) is 0 Å². The fraction of sp³-hybridized carbons (Fsp3) is 0.125. The molecule has 0 aliphatic heterocycles. The highest BCUT2D eigenvalue weighted by atomic mass is 32.1. The highest BCUT2D eigenvalue weighted by Crippen LogP contribution is 2.21. The Hall–Kier alpha value is -2.80. The number of carbonyl (C=O) groups is 1. The molecule has 1 heterocycles. The number of rotatable bonds is 5. The summed E-state index contributed by atoms with van der Waals surface area (Å²) in [7, 11) is 0. The number of aromatic nitrogens is 1. The first kappa shape index (κ1) is 15.1. The Balaban J connectivity index is 1.57. The van der Waals surface area contributed by atoms with E-state index in [1.807, 2.05) is 24.3 Å². The molecule has 0 atom stereocenters. The molecular formula is C16H12N2O4S. The second kappa shape index (κ2) is 6.53. The number of ether oxygens (including phenoxy) is 1. The number of esters is 1. The zero-order valence-electron chi connectivity index (χ0n) is 12.0. The first-order chi connectivity index (χ1) is 11.1. The van der Waals surface area contributed by atoms with E-state index < -0.39 is 10.9 Å². The Morgan fingerprint density at radius 2 is 1.91 bits per heavy atom. The van der Waals surface area contributed by atoms with Gasteiger partial charge in [0.1, 0.15) is 0 Å². The molecule has 0 saturated carbocycles. The molecule has 0 aliphatic carbocycles. The number of para-hydroxylation sites is 1. The van der Waals surface area contributed by atoms with E-state index in [0.717, 1.165) is 15.2 Å². The maximum absolute atomic E-state index is 11.9. The number of nitro benzene ring substituents is 1. The summed E-state index contributed by atoms with van der Waals surface area (Å²) in [5.74, 6) is -0.499. The molecule has 0 N–H and O–H groups in total. The van der Waals surface area contributed by atoms with E-state index in [-0.39, 0.29) is 12.3 Å². The highest BCUT2D eigenvalue weighted by molar-refractivity contribution is 7.18. The van der Waals surface area contributed by atoms with Gasteiger partial charge in [-0.1, -0.05) is 12.1 Å². The van der Waals surface area contributed by atoms with Crippen molar-refractivity contribution in [3.63, 3.8) is 0 Å². The summed E-state index contributed by atoms with van der Waals surface area (Å²) in [6.45, 7) is 0.218.